The summed E-state index contributed by atoms with van der Waals surface area (Å²) in [7, 11) is 0. The van der Waals surface area contributed by atoms with Gasteiger partial charge in [-0.05, 0) is 47.7 Å². The predicted molar refractivity (Wildman–Crippen MR) is 147 cm³/mol. The summed E-state index contributed by atoms with van der Waals surface area (Å²) in [5.74, 6) is -1.86. The van der Waals surface area contributed by atoms with Gasteiger partial charge in [0.05, 0.1) is 6.61 Å². The second-order valence-corrected chi connectivity index (χ2v) is 9.21. The summed E-state index contributed by atoms with van der Waals surface area (Å²) in [5.41, 5.74) is 4.51. The van der Waals surface area contributed by atoms with Crippen molar-refractivity contribution in [2.24, 2.45) is 0 Å². The molecule has 0 aromatic heterocycles. The third-order valence-corrected chi connectivity index (χ3v) is 6.36. The van der Waals surface area contributed by atoms with Crippen LogP contribution in [0.15, 0.2) is 78.9 Å². The maximum Gasteiger partial charge on any atom is 0.167 e. The topological polar surface area (TPSA) is 9.23 Å². The van der Waals surface area contributed by atoms with Gasteiger partial charge in [-0.1, -0.05) is 111 Å². The molecule has 0 aliphatic heterocycles. The van der Waals surface area contributed by atoms with Crippen molar-refractivity contribution in [1.82, 2.24) is 0 Å². The van der Waals surface area contributed by atoms with E-state index in [4.69, 9.17) is 4.74 Å². The number of hydrogen-bond acceptors (Lipinski definition) is 1. The van der Waals surface area contributed by atoms with Gasteiger partial charge < -0.3 is 4.74 Å². The number of rotatable bonds is 10. The normalized spacial score (nSPS) is 11.3. The monoisotopic (exact) mass is 500 g/mol. The van der Waals surface area contributed by atoms with E-state index in [0.717, 1.165) is 47.9 Å². The van der Waals surface area contributed by atoms with Crippen molar-refractivity contribution in [3.05, 3.63) is 113 Å². The summed E-state index contributed by atoms with van der Waals surface area (Å²) in [6.45, 7) is 4.60. The second-order valence-electron chi connectivity index (χ2n) is 9.21. The fourth-order valence-electron chi connectivity index (χ4n) is 4.13. The summed E-state index contributed by atoms with van der Waals surface area (Å²) in [6, 6.07) is 22.9. The van der Waals surface area contributed by atoms with E-state index in [0.29, 0.717) is 12.2 Å². The minimum Gasteiger partial charge on any atom is -0.491 e. The minimum atomic E-state index is -0.880. The SMILES string of the molecule is CCCCCCOc1ccc(-c2ccc(/C=C/c3ccc(-c4ccc(C)cc4)c(F)c3F)cc2)cc1F. The molecule has 0 aliphatic rings. The van der Waals surface area contributed by atoms with Gasteiger partial charge in [-0.2, -0.15) is 0 Å². The number of unbranched alkanes of at least 4 members (excludes halogenated alkanes) is 3. The summed E-state index contributed by atoms with van der Waals surface area (Å²) in [4.78, 5) is 0. The molecule has 0 bridgehead atoms. The zero-order valence-corrected chi connectivity index (χ0v) is 21.2. The molecule has 190 valence electrons. The van der Waals surface area contributed by atoms with Crippen molar-refractivity contribution in [3.8, 4) is 28.0 Å². The molecule has 0 N–H and O–H groups in total. The van der Waals surface area contributed by atoms with Crippen LogP contribution >= 0.6 is 0 Å². The second kappa shape index (κ2) is 12.4. The van der Waals surface area contributed by atoms with Crippen molar-refractivity contribution in [1.29, 1.82) is 0 Å². The lowest BCUT2D eigenvalue weighted by Crippen LogP contribution is -1.99. The molecule has 0 aliphatic carbocycles. The smallest absolute Gasteiger partial charge is 0.167 e. The third-order valence-electron chi connectivity index (χ3n) is 6.36. The van der Waals surface area contributed by atoms with Crippen LogP contribution in [0.1, 0.15) is 49.3 Å². The molecular formula is C33H31F3O. The highest BCUT2D eigenvalue weighted by Gasteiger charge is 2.13. The minimum absolute atomic E-state index is 0.171. The third kappa shape index (κ3) is 6.71. The van der Waals surface area contributed by atoms with Crippen molar-refractivity contribution in [3.63, 3.8) is 0 Å². The molecule has 0 saturated carbocycles. The first-order valence-electron chi connectivity index (χ1n) is 12.7. The van der Waals surface area contributed by atoms with Gasteiger partial charge in [-0.3, -0.25) is 0 Å². The van der Waals surface area contributed by atoms with Crippen molar-refractivity contribution >= 4 is 12.2 Å². The standard InChI is InChI=1S/C33H31F3O/c1-3-4-5-6-21-37-31-20-18-28(22-30(31)34)25-14-9-24(10-15-25)11-16-27-17-19-29(33(36)32(27)35)26-12-7-23(2)8-13-26/h7-20,22H,3-6,21H2,1-2H3/b16-11+. The van der Waals surface area contributed by atoms with Gasteiger partial charge >= 0.3 is 0 Å². The van der Waals surface area contributed by atoms with Crippen LogP contribution in [-0.2, 0) is 0 Å². The van der Waals surface area contributed by atoms with E-state index in [2.05, 4.69) is 6.92 Å². The summed E-state index contributed by atoms with van der Waals surface area (Å²) in [5, 5.41) is 0. The molecule has 37 heavy (non-hydrogen) atoms. The summed E-state index contributed by atoms with van der Waals surface area (Å²) in [6.07, 6.45) is 7.58. The molecule has 0 spiro atoms. The molecule has 4 heteroatoms. The molecule has 4 rings (SSSR count). The predicted octanol–water partition coefficient (Wildman–Crippen LogP) is 9.88. The Bertz CT molecular complexity index is 1360. The highest BCUT2D eigenvalue weighted by Crippen LogP contribution is 2.29. The van der Waals surface area contributed by atoms with Crippen LogP contribution in [0, 0.1) is 24.4 Å². The lowest BCUT2D eigenvalue weighted by atomic mass is 10.0. The Labute approximate surface area is 217 Å². The molecule has 4 aromatic rings. The summed E-state index contributed by atoms with van der Waals surface area (Å²) < 4.78 is 49.6. The average molecular weight is 501 g/mol. The van der Waals surface area contributed by atoms with E-state index in [-0.39, 0.29) is 22.7 Å². The van der Waals surface area contributed by atoms with Gasteiger partial charge in [0.1, 0.15) is 0 Å². The van der Waals surface area contributed by atoms with E-state index in [1.165, 1.54) is 6.07 Å². The number of benzene rings is 4. The van der Waals surface area contributed by atoms with E-state index in [9.17, 15) is 13.2 Å². The first kappa shape index (κ1) is 26.3. The first-order chi connectivity index (χ1) is 18.0. The zero-order chi connectivity index (χ0) is 26.2. The van der Waals surface area contributed by atoms with Crippen LogP contribution in [0.3, 0.4) is 0 Å². The van der Waals surface area contributed by atoms with Gasteiger partial charge in [-0.15, -0.1) is 0 Å². The van der Waals surface area contributed by atoms with Crippen LogP contribution in [0.25, 0.3) is 34.4 Å². The van der Waals surface area contributed by atoms with Crippen LogP contribution < -0.4 is 4.74 Å². The number of hydrogen-bond donors (Lipinski definition) is 0. The Hall–Kier alpha value is -3.79. The van der Waals surface area contributed by atoms with Gasteiger partial charge in [0.15, 0.2) is 23.2 Å². The lowest BCUT2D eigenvalue weighted by molar-refractivity contribution is 0.290. The first-order valence-corrected chi connectivity index (χ1v) is 12.7. The average Bonchev–Trinajstić information content (AvgIpc) is 2.91. The highest BCUT2D eigenvalue weighted by atomic mass is 19.2. The maximum atomic E-state index is 14.7. The lowest BCUT2D eigenvalue weighted by Gasteiger charge is -2.09. The number of ether oxygens (including phenoxy) is 1. The largest absolute Gasteiger partial charge is 0.491 e. The van der Waals surface area contributed by atoms with Gasteiger partial charge in [0, 0.05) is 11.1 Å². The fraction of sp³-hybridized carbons (Fsp3) is 0.212. The van der Waals surface area contributed by atoms with Crippen molar-refractivity contribution in [2.45, 2.75) is 39.5 Å². The van der Waals surface area contributed by atoms with Crippen LogP contribution in [0.4, 0.5) is 13.2 Å². The Morgan fingerprint density at radius 3 is 2.08 bits per heavy atom. The Morgan fingerprint density at radius 2 is 1.38 bits per heavy atom. The molecule has 0 fully saturated rings. The molecule has 0 heterocycles. The molecule has 0 amide bonds. The molecule has 0 unspecified atom stereocenters. The van der Waals surface area contributed by atoms with Gasteiger partial charge in [0.2, 0.25) is 0 Å². The summed E-state index contributed by atoms with van der Waals surface area (Å²) >= 11 is 0. The van der Waals surface area contributed by atoms with E-state index in [1.54, 1.807) is 42.5 Å². The number of aryl methyl sites for hydroxylation is 1. The molecule has 0 radical (unpaired) electrons. The molecule has 1 nitrogen and oxygen atoms in total. The van der Waals surface area contributed by atoms with Gasteiger partial charge in [0.25, 0.3) is 0 Å². The van der Waals surface area contributed by atoms with Gasteiger partial charge in [-0.25, -0.2) is 13.2 Å². The van der Waals surface area contributed by atoms with Crippen LogP contribution in [0.2, 0.25) is 0 Å². The Morgan fingerprint density at radius 1 is 0.676 bits per heavy atom. The fourth-order valence-corrected chi connectivity index (χ4v) is 4.13. The van der Waals surface area contributed by atoms with Crippen LogP contribution in [-0.4, -0.2) is 6.61 Å². The Kier molecular flexibility index (Phi) is 8.84. The quantitative estimate of drug-likeness (QED) is 0.155. The van der Waals surface area contributed by atoms with E-state index in [1.807, 2.05) is 49.4 Å². The molecular weight excluding hydrogens is 469 g/mol. The highest BCUT2D eigenvalue weighted by molar-refractivity contribution is 5.74. The molecule has 0 atom stereocenters. The Balaban J connectivity index is 1.43. The number of halogens is 3. The van der Waals surface area contributed by atoms with Crippen LogP contribution in [0.5, 0.6) is 5.75 Å². The molecule has 4 aromatic carbocycles. The van der Waals surface area contributed by atoms with Crippen molar-refractivity contribution < 1.29 is 17.9 Å². The maximum absolute atomic E-state index is 14.7. The molecule has 0 saturated heterocycles. The van der Waals surface area contributed by atoms with Crippen molar-refractivity contribution in [2.75, 3.05) is 6.61 Å². The zero-order valence-electron chi connectivity index (χ0n) is 21.2. The van der Waals surface area contributed by atoms with E-state index < -0.39 is 11.6 Å². The van der Waals surface area contributed by atoms with E-state index >= 15 is 0 Å².